The quantitative estimate of drug-likeness (QED) is 0.656. The Hall–Kier alpha value is -0.600. The van der Waals surface area contributed by atoms with Crippen molar-refractivity contribution in [3.05, 3.63) is 0 Å². The van der Waals surface area contributed by atoms with E-state index in [2.05, 4.69) is 5.32 Å². The number of alkyl halides is 1. The molecule has 0 spiro atoms. The fourth-order valence-corrected chi connectivity index (χ4v) is 1.46. The number of carbonyl (C=O) groups is 1. The Morgan fingerprint density at radius 3 is 3.00 bits per heavy atom. The van der Waals surface area contributed by atoms with Gasteiger partial charge in [0.15, 0.2) is 0 Å². The van der Waals surface area contributed by atoms with E-state index in [0.29, 0.717) is 12.3 Å². The molecule has 0 saturated carbocycles. The van der Waals surface area contributed by atoms with Crippen molar-refractivity contribution in [2.75, 3.05) is 13.2 Å². The van der Waals surface area contributed by atoms with Crippen LogP contribution in [-0.4, -0.2) is 19.1 Å². The number of amides is 1. The number of nitrogens with one attached hydrogen (secondary N) is 1. The van der Waals surface area contributed by atoms with Gasteiger partial charge in [-0.3, -0.25) is 9.18 Å². The summed E-state index contributed by atoms with van der Waals surface area (Å²) in [6.45, 7) is 2.34. The second kappa shape index (κ2) is 3.69. The Bertz CT molecular complexity index is 149. The summed E-state index contributed by atoms with van der Waals surface area (Å²) >= 11 is 0. The Labute approximate surface area is 66.2 Å². The molecule has 3 heteroatoms. The second-order valence-corrected chi connectivity index (χ2v) is 3.37. The molecule has 1 aliphatic rings. The minimum absolute atomic E-state index is 0.104. The van der Waals surface area contributed by atoms with Gasteiger partial charge in [0.05, 0.1) is 6.67 Å². The maximum Gasteiger partial charge on any atom is 0.220 e. The first kappa shape index (κ1) is 8.50. The molecule has 2 atom stereocenters. The average molecular weight is 159 g/mol. The second-order valence-electron chi connectivity index (χ2n) is 3.37. The molecular weight excluding hydrogens is 145 g/mol. The highest BCUT2D eigenvalue weighted by Gasteiger charge is 2.22. The Morgan fingerprint density at radius 1 is 1.82 bits per heavy atom. The normalized spacial score (nSPS) is 26.7. The molecule has 1 heterocycles. The topological polar surface area (TPSA) is 29.1 Å². The molecule has 0 aromatic carbocycles. The minimum atomic E-state index is -0.273. The van der Waals surface area contributed by atoms with Crippen LogP contribution in [0.2, 0.25) is 0 Å². The maximum absolute atomic E-state index is 12.0. The summed E-state index contributed by atoms with van der Waals surface area (Å²) in [5.74, 6) is 0.585. The monoisotopic (exact) mass is 159 g/mol. The summed E-state index contributed by atoms with van der Waals surface area (Å²) in [6.07, 6.45) is 1.42. The predicted molar refractivity (Wildman–Crippen MR) is 40.9 cm³/mol. The summed E-state index contributed by atoms with van der Waals surface area (Å²) in [7, 11) is 0. The number of rotatable bonds is 3. The van der Waals surface area contributed by atoms with Gasteiger partial charge >= 0.3 is 0 Å². The molecule has 0 aromatic heterocycles. The predicted octanol–water partition coefficient (Wildman–Crippen LogP) is 1.12. The Kier molecular flexibility index (Phi) is 2.85. The van der Waals surface area contributed by atoms with Crippen LogP contribution in [-0.2, 0) is 4.79 Å². The highest BCUT2D eigenvalue weighted by atomic mass is 19.1. The fourth-order valence-electron chi connectivity index (χ4n) is 1.46. The van der Waals surface area contributed by atoms with E-state index >= 15 is 0 Å². The number of hydrogen-bond donors (Lipinski definition) is 1. The molecule has 0 aromatic rings. The summed E-state index contributed by atoms with van der Waals surface area (Å²) in [4.78, 5) is 10.7. The molecule has 64 valence electrons. The molecule has 1 aliphatic heterocycles. The van der Waals surface area contributed by atoms with Gasteiger partial charge < -0.3 is 5.32 Å². The van der Waals surface area contributed by atoms with Gasteiger partial charge in [-0.15, -0.1) is 0 Å². The van der Waals surface area contributed by atoms with Gasteiger partial charge in [0, 0.05) is 13.0 Å². The van der Waals surface area contributed by atoms with Crippen LogP contribution in [0, 0.1) is 11.8 Å². The van der Waals surface area contributed by atoms with Crippen molar-refractivity contribution in [3.8, 4) is 0 Å². The van der Waals surface area contributed by atoms with Crippen LogP contribution in [0.4, 0.5) is 4.39 Å². The molecule has 1 fully saturated rings. The van der Waals surface area contributed by atoms with E-state index in [1.807, 2.05) is 6.92 Å². The van der Waals surface area contributed by atoms with Gasteiger partial charge in [-0.1, -0.05) is 6.92 Å². The molecule has 11 heavy (non-hydrogen) atoms. The summed E-state index contributed by atoms with van der Waals surface area (Å²) in [5, 5.41) is 2.74. The molecule has 2 unspecified atom stereocenters. The molecule has 0 bridgehead atoms. The van der Waals surface area contributed by atoms with Crippen molar-refractivity contribution in [1.29, 1.82) is 0 Å². The van der Waals surface area contributed by atoms with Crippen LogP contribution in [0.5, 0.6) is 0 Å². The SMILES string of the molecule is CC(CF)CC1CNC(=O)C1. The van der Waals surface area contributed by atoms with Crippen molar-refractivity contribution >= 4 is 5.91 Å². The molecule has 0 aliphatic carbocycles. The molecule has 0 radical (unpaired) electrons. The maximum atomic E-state index is 12.0. The van der Waals surface area contributed by atoms with Gasteiger partial charge in [0.1, 0.15) is 0 Å². The van der Waals surface area contributed by atoms with Crippen LogP contribution in [0.25, 0.3) is 0 Å². The zero-order valence-electron chi connectivity index (χ0n) is 6.77. The third kappa shape index (κ3) is 2.48. The van der Waals surface area contributed by atoms with Gasteiger partial charge in [-0.05, 0) is 18.3 Å². The lowest BCUT2D eigenvalue weighted by molar-refractivity contribution is -0.119. The molecule has 1 N–H and O–H groups in total. The molecule has 1 rings (SSSR count). The number of hydrogen-bond acceptors (Lipinski definition) is 1. The van der Waals surface area contributed by atoms with E-state index in [1.54, 1.807) is 0 Å². The number of halogens is 1. The minimum Gasteiger partial charge on any atom is -0.356 e. The molecule has 2 nitrogen and oxygen atoms in total. The highest BCUT2D eigenvalue weighted by Crippen LogP contribution is 2.18. The highest BCUT2D eigenvalue weighted by molar-refractivity contribution is 5.78. The lowest BCUT2D eigenvalue weighted by Gasteiger charge is -2.10. The molecule has 1 amide bonds. The first-order valence-corrected chi connectivity index (χ1v) is 4.05. The Morgan fingerprint density at radius 2 is 2.55 bits per heavy atom. The van der Waals surface area contributed by atoms with Crippen molar-refractivity contribution in [1.82, 2.24) is 5.32 Å². The standard InChI is InChI=1S/C8H14FNO/c1-6(4-9)2-7-3-8(11)10-5-7/h6-7H,2-5H2,1H3,(H,10,11). The van der Waals surface area contributed by atoms with Crippen LogP contribution >= 0.6 is 0 Å². The summed E-state index contributed by atoms with van der Waals surface area (Å²) in [6, 6.07) is 0. The lowest BCUT2D eigenvalue weighted by atomic mass is 9.96. The van der Waals surface area contributed by atoms with E-state index in [4.69, 9.17) is 0 Å². The first-order valence-electron chi connectivity index (χ1n) is 4.05. The average Bonchev–Trinajstić information content (AvgIpc) is 2.35. The van der Waals surface area contributed by atoms with Crippen LogP contribution in [0.1, 0.15) is 19.8 Å². The van der Waals surface area contributed by atoms with E-state index in [1.165, 1.54) is 0 Å². The van der Waals surface area contributed by atoms with Gasteiger partial charge in [-0.25, -0.2) is 0 Å². The van der Waals surface area contributed by atoms with Gasteiger partial charge in [0.2, 0.25) is 5.91 Å². The van der Waals surface area contributed by atoms with Crippen LogP contribution in [0.3, 0.4) is 0 Å². The van der Waals surface area contributed by atoms with Crippen LogP contribution < -0.4 is 5.32 Å². The molecule has 1 saturated heterocycles. The fraction of sp³-hybridized carbons (Fsp3) is 0.875. The first-order chi connectivity index (χ1) is 5.22. The number of carbonyl (C=O) groups excluding carboxylic acids is 1. The van der Waals surface area contributed by atoms with Gasteiger partial charge in [0.25, 0.3) is 0 Å². The zero-order valence-corrected chi connectivity index (χ0v) is 6.77. The third-order valence-electron chi connectivity index (χ3n) is 2.06. The lowest BCUT2D eigenvalue weighted by Crippen LogP contribution is -2.14. The van der Waals surface area contributed by atoms with Crippen molar-refractivity contribution in [2.45, 2.75) is 19.8 Å². The summed E-state index contributed by atoms with van der Waals surface area (Å²) in [5.41, 5.74) is 0. The van der Waals surface area contributed by atoms with Crippen molar-refractivity contribution < 1.29 is 9.18 Å². The van der Waals surface area contributed by atoms with Gasteiger partial charge in [-0.2, -0.15) is 0 Å². The van der Waals surface area contributed by atoms with E-state index < -0.39 is 0 Å². The zero-order chi connectivity index (χ0) is 8.27. The van der Waals surface area contributed by atoms with E-state index in [-0.39, 0.29) is 18.5 Å². The third-order valence-corrected chi connectivity index (χ3v) is 2.06. The smallest absolute Gasteiger partial charge is 0.220 e. The van der Waals surface area contributed by atoms with Crippen molar-refractivity contribution in [3.63, 3.8) is 0 Å². The summed E-state index contributed by atoms with van der Waals surface area (Å²) < 4.78 is 12.0. The molecular formula is C8H14FNO. The largest absolute Gasteiger partial charge is 0.356 e. The van der Waals surface area contributed by atoms with E-state index in [9.17, 15) is 9.18 Å². The van der Waals surface area contributed by atoms with Crippen LogP contribution in [0.15, 0.2) is 0 Å². The van der Waals surface area contributed by atoms with E-state index in [0.717, 1.165) is 13.0 Å². The Balaban J connectivity index is 2.22. The van der Waals surface area contributed by atoms with Crippen molar-refractivity contribution in [2.24, 2.45) is 11.8 Å².